The highest BCUT2D eigenvalue weighted by molar-refractivity contribution is 5.97. The van der Waals surface area contributed by atoms with Gasteiger partial charge in [0.2, 0.25) is 0 Å². The van der Waals surface area contributed by atoms with E-state index in [0.717, 1.165) is 33.8 Å². The van der Waals surface area contributed by atoms with Crippen LogP contribution in [0.2, 0.25) is 0 Å². The van der Waals surface area contributed by atoms with E-state index in [0.29, 0.717) is 5.56 Å². The molecule has 0 saturated carbocycles. The quantitative estimate of drug-likeness (QED) is 0.381. The Bertz CT molecular complexity index is 1200. The molecule has 0 aliphatic rings. The summed E-state index contributed by atoms with van der Waals surface area (Å²) >= 11 is 0. The van der Waals surface area contributed by atoms with Crippen molar-refractivity contribution < 1.29 is 9.85 Å². The van der Waals surface area contributed by atoms with E-state index in [9.17, 15) is 20.2 Å². The third kappa shape index (κ3) is 3.09. The van der Waals surface area contributed by atoms with E-state index in [1.807, 2.05) is 54.6 Å². The van der Waals surface area contributed by atoms with Gasteiger partial charge in [0.25, 0.3) is 11.4 Å². The molecule has 3 aromatic carbocycles. The molecule has 0 amide bonds. The van der Waals surface area contributed by atoms with Gasteiger partial charge >= 0.3 is 0 Å². The summed E-state index contributed by atoms with van der Waals surface area (Å²) in [5.41, 5.74) is 3.59. The van der Waals surface area contributed by atoms with E-state index in [2.05, 4.69) is 4.98 Å². The van der Waals surface area contributed by atoms with Gasteiger partial charge in [0.05, 0.1) is 15.9 Å². The summed E-state index contributed by atoms with van der Waals surface area (Å²) in [5, 5.41) is 23.5. The van der Waals surface area contributed by atoms with E-state index >= 15 is 0 Å². The first-order valence-electron chi connectivity index (χ1n) is 8.61. The molecule has 1 N–H and O–H groups in total. The number of H-pyrrole nitrogens is 1. The van der Waals surface area contributed by atoms with E-state index in [1.165, 1.54) is 12.1 Å². The Morgan fingerprint density at radius 3 is 2.25 bits per heavy atom. The molecule has 0 spiro atoms. The van der Waals surface area contributed by atoms with Gasteiger partial charge in [-0.2, -0.15) is 0 Å². The van der Waals surface area contributed by atoms with Crippen LogP contribution in [0.3, 0.4) is 0 Å². The Hall–Kier alpha value is -4.00. The van der Waals surface area contributed by atoms with Crippen molar-refractivity contribution in [2.45, 2.75) is 6.42 Å². The van der Waals surface area contributed by atoms with Crippen molar-refractivity contribution in [1.82, 2.24) is 4.98 Å². The molecule has 7 nitrogen and oxygen atoms in total. The standard InChI is InChI=1S/C21H15N3O4/c25-23(26)16-11-10-15(20(13-16)24(27)28)12-19-21(14-6-2-1-3-7-14)17-8-4-5-9-18(17)22-19/h1-11,13,22H,12H2. The van der Waals surface area contributed by atoms with Crippen molar-refractivity contribution in [3.8, 4) is 11.1 Å². The number of nitro benzene ring substituents is 2. The second kappa shape index (κ2) is 6.96. The molecule has 7 heteroatoms. The number of aromatic nitrogens is 1. The number of nitro groups is 2. The smallest absolute Gasteiger partial charge is 0.279 e. The number of hydrogen-bond acceptors (Lipinski definition) is 4. The molecule has 1 heterocycles. The Balaban J connectivity index is 1.87. The van der Waals surface area contributed by atoms with Gasteiger partial charge in [-0.3, -0.25) is 20.2 Å². The molecule has 0 saturated heterocycles. The Labute approximate surface area is 159 Å². The van der Waals surface area contributed by atoms with Crippen LogP contribution >= 0.6 is 0 Å². The number of non-ortho nitro benzene ring substituents is 1. The minimum Gasteiger partial charge on any atom is -0.358 e. The predicted molar refractivity (Wildman–Crippen MR) is 106 cm³/mol. The number of aromatic amines is 1. The molecule has 0 bridgehead atoms. The summed E-state index contributed by atoms with van der Waals surface area (Å²) in [5.74, 6) is 0. The molecule has 4 aromatic rings. The highest BCUT2D eigenvalue weighted by Crippen LogP contribution is 2.35. The lowest BCUT2D eigenvalue weighted by Crippen LogP contribution is -2.00. The summed E-state index contributed by atoms with van der Waals surface area (Å²) < 4.78 is 0. The largest absolute Gasteiger partial charge is 0.358 e. The van der Waals surface area contributed by atoms with Crippen LogP contribution in [-0.4, -0.2) is 14.8 Å². The molecule has 0 fully saturated rings. The zero-order valence-corrected chi connectivity index (χ0v) is 14.7. The van der Waals surface area contributed by atoms with Crippen LogP contribution in [0, 0.1) is 20.2 Å². The van der Waals surface area contributed by atoms with Gasteiger partial charge in [0.1, 0.15) is 0 Å². The second-order valence-electron chi connectivity index (χ2n) is 6.39. The van der Waals surface area contributed by atoms with Crippen molar-refractivity contribution in [2.24, 2.45) is 0 Å². The van der Waals surface area contributed by atoms with Crippen molar-refractivity contribution in [1.29, 1.82) is 0 Å². The number of benzene rings is 3. The minimum atomic E-state index is -0.630. The highest BCUT2D eigenvalue weighted by Gasteiger charge is 2.22. The molecule has 0 aliphatic heterocycles. The second-order valence-corrected chi connectivity index (χ2v) is 6.39. The fourth-order valence-corrected chi connectivity index (χ4v) is 3.44. The number of nitrogens with one attached hydrogen (secondary N) is 1. The van der Waals surface area contributed by atoms with Crippen LogP contribution in [0.1, 0.15) is 11.3 Å². The van der Waals surface area contributed by atoms with Crippen molar-refractivity contribution >= 4 is 22.3 Å². The summed E-state index contributed by atoms with van der Waals surface area (Å²) in [7, 11) is 0. The molecule has 28 heavy (non-hydrogen) atoms. The lowest BCUT2D eigenvalue weighted by molar-refractivity contribution is -0.394. The number of nitrogens with zero attached hydrogens (tertiary/aromatic N) is 2. The summed E-state index contributed by atoms with van der Waals surface area (Å²) in [4.78, 5) is 24.6. The first-order chi connectivity index (χ1) is 13.5. The van der Waals surface area contributed by atoms with Crippen LogP contribution in [0.15, 0.2) is 72.8 Å². The molecule has 4 rings (SSSR count). The molecule has 0 radical (unpaired) electrons. The Morgan fingerprint density at radius 1 is 0.821 bits per heavy atom. The molecule has 138 valence electrons. The molecule has 0 aliphatic carbocycles. The third-order valence-electron chi connectivity index (χ3n) is 4.69. The van der Waals surface area contributed by atoms with E-state index in [4.69, 9.17) is 0 Å². The maximum absolute atomic E-state index is 11.5. The van der Waals surface area contributed by atoms with E-state index in [-0.39, 0.29) is 17.8 Å². The first-order valence-corrected chi connectivity index (χ1v) is 8.61. The van der Waals surface area contributed by atoms with Gasteiger partial charge in [0, 0.05) is 40.2 Å². The number of para-hydroxylation sites is 1. The van der Waals surface area contributed by atoms with Gasteiger partial charge < -0.3 is 4.98 Å². The highest BCUT2D eigenvalue weighted by atomic mass is 16.6. The van der Waals surface area contributed by atoms with Crippen molar-refractivity contribution in [3.63, 3.8) is 0 Å². The maximum atomic E-state index is 11.5. The van der Waals surface area contributed by atoms with Crippen molar-refractivity contribution in [2.75, 3.05) is 0 Å². The van der Waals surface area contributed by atoms with Gasteiger partial charge in [-0.05, 0) is 17.7 Å². The molecular formula is C21H15N3O4. The number of rotatable bonds is 5. The third-order valence-corrected chi connectivity index (χ3v) is 4.69. The molecule has 0 unspecified atom stereocenters. The lowest BCUT2D eigenvalue weighted by Gasteiger charge is -2.07. The van der Waals surface area contributed by atoms with E-state index < -0.39 is 9.85 Å². The number of hydrogen-bond donors (Lipinski definition) is 1. The van der Waals surface area contributed by atoms with Crippen LogP contribution in [-0.2, 0) is 6.42 Å². The van der Waals surface area contributed by atoms with Gasteiger partial charge in [-0.1, -0.05) is 48.5 Å². The fraction of sp³-hybridized carbons (Fsp3) is 0.0476. The normalized spacial score (nSPS) is 10.9. The monoisotopic (exact) mass is 373 g/mol. The minimum absolute atomic E-state index is 0.257. The van der Waals surface area contributed by atoms with E-state index in [1.54, 1.807) is 0 Å². The van der Waals surface area contributed by atoms with Gasteiger partial charge in [-0.15, -0.1) is 0 Å². The first kappa shape index (κ1) is 17.4. The Kier molecular flexibility index (Phi) is 4.33. The van der Waals surface area contributed by atoms with Crippen LogP contribution in [0.4, 0.5) is 11.4 Å². The van der Waals surface area contributed by atoms with Crippen LogP contribution < -0.4 is 0 Å². The van der Waals surface area contributed by atoms with Crippen LogP contribution in [0.25, 0.3) is 22.0 Å². The zero-order valence-electron chi connectivity index (χ0n) is 14.7. The van der Waals surface area contributed by atoms with Crippen LogP contribution in [0.5, 0.6) is 0 Å². The lowest BCUT2D eigenvalue weighted by atomic mass is 9.98. The maximum Gasteiger partial charge on any atom is 0.279 e. The topological polar surface area (TPSA) is 102 Å². The zero-order chi connectivity index (χ0) is 19.7. The average molecular weight is 373 g/mol. The number of fused-ring (bicyclic) bond motifs is 1. The summed E-state index contributed by atoms with van der Waals surface area (Å²) in [6.07, 6.45) is 0.257. The molecular weight excluding hydrogens is 358 g/mol. The molecule has 0 atom stereocenters. The summed E-state index contributed by atoms with van der Waals surface area (Å²) in [6, 6.07) is 21.4. The summed E-state index contributed by atoms with van der Waals surface area (Å²) in [6.45, 7) is 0. The molecule has 1 aromatic heterocycles. The average Bonchev–Trinajstić information content (AvgIpc) is 3.06. The Morgan fingerprint density at radius 2 is 1.54 bits per heavy atom. The van der Waals surface area contributed by atoms with Gasteiger partial charge in [-0.25, -0.2) is 0 Å². The SMILES string of the molecule is O=[N+]([O-])c1ccc(Cc2[nH]c3ccccc3c2-c2ccccc2)c([N+](=O)[O-])c1. The predicted octanol–water partition coefficient (Wildman–Crippen LogP) is 5.24. The van der Waals surface area contributed by atoms with Crippen molar-refractivity contribution in [3.05, 3.63) is 104 Å². The van der Waals surface area contributed by atoms with Gasteiger partial charge in [0.15, 0.2) is 0 Å². The fourth-order valence-electron chi connectivity index (χ4n) is 3.44.